The molecule has 3 rings (SSSR count). The predicted molar refractivity (Wildman–Crippen MR) is 92.2 cm³/mol. The molecular weight excluding hydrogens is 313 g/mol. The number of rotatable bonds is 3. The molecule has 0 aliphatic rings. The van der Waals surface area contributed by atoms with E-state index in [4.69, 9.17) is 0 Å². The van der Waals surface area contributed by atoms with E-state index in [2.05, 4.69) is 16.4 Å². The highest BCUT2D eigenvalue weighted by Gasteiger charge is 2.09. The van der Waals surface area contributed by atoms with E-state index < -0.39 is 0 Å². The van der Waals surface area contributed by atoms with Gasteiger partial charge in [-0.15, -0.1) is 12.4 Å². The van der Waals surface area contributed by atoms with Gasteiger partial charge in [0.25, 0.3) is 0 Å². The fraction of sp³-hybridized carbons (Fsp3) is 0.111. The lowest BCUT2D eigenvalue weighted by Gasteiger charge is -2.11. The maximum absolute atomic E-state index is 13.5. The van der Waals surface area contributed by atoms with E-state index in [1.807, 2.05) is 31.2 Å². The minimum atomic E-state index is -0.345. The molecule has 0 aliphatic heterocycles. The van der Waals surface area contributed by atoms with Crippen LogP contribution in [0, 0.1) is 24.1 Å². The second kappa shape index (κ2) is 7.08. The van der Waals surface area contributed by atoms with Gasteiger partial charge in [-0.3, -0.25) is 4.98 Å². The monoisotopic (exact) mass is 327 g/mol. The molecule has 0 amide bonds. The molecule has 1 aromatic heterocycles. The minimum absolute atomic E-state index is 0. The highest BCUT2D eigenvalue weighted by molar-refractivity contribution is 5.93. The van der Waals surface area contributed by atoms with Gasteiger partial charge in [-0.25, -0.2) is 4.39 Å². The molecule has 0 atom stereocenters. The van der Waals surface area contributed by atoms with Gasteiger partial charge in [0.1, 0.15) is 11.9 Å². The lowest BCUT2D eigenvalue weighted by Crippen LogP contribution is -2.03. The summed E-state index contributed by atoms with van der Waals surface area (Å²) < 4.78 is 13.5. The summed E-state index contributed by atoms with van der Waals surface area (Å²) in [6.45, 7) is 2.59. The summed E-state index contributed by atoms with van der Waals surface area (Å²) in [4.78, 5) is 4.19. The molecular formula is C18H15ClFN3. The van der Waals surface area contributed by atoms with Crippen LogP contribution in [0.1, 0.15) is 16.7 Å². The van der Waals surface area contributed by atoms with Crippen LogP contribution in [0.15, 0.2) is 48.7 Å². The Morgan fingerprint density at radius 1 is 1.17 bits per heavy atom. The number of nitriles is 1. The standard InChI is InChI=1S/C18H14FN3.ClH/c1-12-2-4-13(5-3-12)10-22-18-14(9-20)11-21-17-7-6-15(19)8-16(17)18;/h2-8,11H,10H2,1H3,(H,21,22);1H. The average molecular weight is 328 g/mol. The van der Waals surface area contributed by atoms with Crippen molar-refractivity contribution in [3.05, 3.63) is 71.2 Å². The summed E-state index contributed by atoms with van der Waals surface area (Å²) in [6, 6.07) is 14.6. The van der Waals surface area contributed by atoms with Gasteiger partial charge in [-0.05, 0) is 30.7 Å². The number of nitrogens with one attached hydrogen (secondary N) is 1. The molecule has 1 heterocycles. The molecule has 0 saturated carbocycles. The largest absolute Gasteiger partial charge is 0.379 e. The quantitative estimate of drug-likeness (QED) is 0.765. The van der Waals surface area contributed by atoms with Gasteiger partial charge in [0.05, 0.1) is 16.8 Å². The van der Waals surface area contributed by atoms with Crippen LogP contribution in [0.25, 0.3) is 10.9 Å². The number of aryl methyl sites for hydroxylation is 1. The summed E-state index contributed by atoms with van der Waals surface area (Å²) in [7, 11) is 0. The molecule has 3 nitrogen and oxygen atoms in total. The normalized spacial score (nSPS) is 9.96. The Bertz CT molecular complexity index is 870. The Kier molecular flexibility index (Phi) is 5.15. The van der Waals surface area contributed by atoms with Gasteiger partial charge in [0.15, 0.2) is 0 Å². The molecule has 3 aromatic rings. The van der Waals surface area contributed by atoms with Gasteiger partial charge in [0.2, 0.25) is 0 Å². The van der Waals surface area contributed by atoms with Crippen molar-refractivity contribution in [3.63, 3.8) is 0 Å². The fourth-order valence-electron chi connectivity index (χ4n) is 2.34. The molecule has 0 bridgehead atoms. The molecule has 0 radical (unpaired) electrons. The fourth-order valence-corrected chi connectivity index (χ4v) is 2.34. The average Bonchev–Trinajstić information content (AvgIpc) is 2.54. The third-order valence-corrected chi connectivity index (χ3v) is 3.54. The van der Waals surface area contributed by atoms with Crippen LogP contribution in [-0.2, 0) is 6.54 Å². The van der Waals surface area contributed by atoms with Crippen molar-refractivity contribution in [2.45, 2.75) is 13.5 Å². The van der Waals surface area contributed by atoms with E-state index in [9.17, 15) is 9.65 Å². The minimum Gasteiger partial charge on any atom is -0.379 e. The Morgan fingerprint density at radius 2 is 1.91 bits per heavy atom. The maximum atomic E-state index is 13.5. The lowest BCUT2D eigenvalue weighted by molar-refractivity contribution is 0.629. The van der Waals surface area contributed by atoms with E-state index in [1.54, 1.807) is 6.07 Å². The number of fused-ring (bicyclic) bond motifs is 1. The number of pyridine rings is 1. The molecule has 0 aliphatic carbocycles. The van der Waals surface area contributed by atoms with Crippen molar-refractivity contribution >= 4 is 29.0 Å². The van der Waals surface area contributed by atoms with Crippen LogP contribution in [0.3, 0.4) is 0 Å². The Balaban J connectivity index is 0.00000192. The number of nitrogens with zero attached hydrogens (tertiary/aromatic N) is 2. The van der Waals surface area contributed by atoms with Crippen molar-refractivity contribution < 1.29 is 4.39 Å². The van der Waals surface area contributed by atoms with Gasteiger partial charge in [0, 0.05) is 18.1 Å². The second-order valence-electron chi connectivity index (χ2n) is 5.16. The van der Waals surface area contributed by atoms with Crippen LogP contribution in [-0.4, -0.2) is 4.98 Å². The molecule has 116 valence electrons. The summed E-state index contributed by atoms with van der Waals surface area (Å²) in [5.74, 6) is -0.345. The molecule has 5 heteroatoms. The van der Waals surface area contributed by atoms with E-state index in [1.165, 1.54) is 23.9 Å². The summed E-state index contributed by atoms with van der Waals surface area (Å²) in [5.41, 5.74) is 3.97. The van der Waals surface area contributed by atoms with Gasteiger partial charge < -0.3 is 5.32 Å². The van der Waals surface area contributed by atoms with E-state index >= 15 is 0 Å². The van der Waals surface area contributed by atoms with Crippen molar-refractivity contribution in [3.8, 4) is 6.07 Å². The van der Waals surface area contributed by atoms with Gasteiger partial charge in [-0.2, -0.15) is 5.26 Å². The number of anilines is 1. The molecule has 23 heavy (non-hydrogen) atoms. The zero-order chi connectivity index (χ0) is 15.5. The summed E-state index contributed by atoms with van der Waals surface area (Å²) >= 11 is 0. The van der Waals surface area contributed by atoms with E-state index in [0.29, 0.717) is 28.7 Å². The first-order chi connectivity index (χ1) is 10.7. The zero-order valence-electron chi connectivity index (χ0n) is 12.5. The Labute approximate surface area is 140 Å². The van der Waals surface area contributed by atoms with Gasteiger partial charge >= 0.3 is 0 Å². The highest BCUT2D eigenvalue weighted by atomic mass is 35.5. The highest BCUT2D eigenvalue weighted by Crippen LogP contribution is 2.26. The van der Waals surface area contributed by atoms with Crippen LogP contribution in [0.2, 0.25) is 0 Å². The van der Waals surface area contributed by atoms with Crippen LogP contribution in [0.5, 0.6) is 0 Å². The van der Waals surface area contributed by atoms with Crippen molar-refractivity contribution in [2.75, 3.05) is 5.32 Å². The van der Waals surface area contributed by atoms with Crippen molar-refractivity contribution in [1.82, 2.24) is 4.98 Å². The second-order valence-corrected chi connectivity index (χ2v) is 5.16. The number of hydrogen-bond acceptors (Lipinski definition) is 3. The molecule has 0 spiro atoms. The Hall–Kier alpha value is -2.64. The Morgan fingerprint density at radius 3 is 2.61 bits per heavy atom. The van der Waals surface area contributed by atoms with Crippen molar-refractivity contribution in [1.29, 1.82) is 5.26 Å². The molecule has 2 aromatic carbocycles. The lowest BCUT2D eigenvalue weighted by atomic mass is 10.1. The third kappa shape index (κ3) is 3.58. The SMILES string of the molecule is Cc1ccc(CNc2c(C#N)cnc3ccc(F)cc23)cc1.Cl. The maximum Gasteiger partial charge on any atom is 0.124 e. The number of hydrogen-bond donors (Lipinski definition) is 1. The molecule has 0 saturated heterocycles. The summed E-state index contributed by atoms with van der Waals surface area (Å²) in [5, 5.41) is 13.1. The molecule has 1 N–H and O–H groups in total. The first kappa shape index (κ1) is 16.7. The first-order valence-corrected chi connectivity index (χ1v) is 6.95. The van der Waals surface area contributed by atoms with Crippen LogP contribution in [0.4, 0.5) is 10.1 Å². The topological polar surface area (TPSA) is 48.7 Å². The van der Waals surface area contributed by atoms with Crippen LogP contribution >= 0.6 is 12.4 Å². The number of benzene rings is 2. The molecule has 0 unspecified atom stereocenters. The van der Waals surface area contributed by atoms with Crippen molar-refractivity contribution in [2.24, 2.45) is 0 Å². The third-order valence-electron chi connectivity index (χ3n) is 3.54. The van der Waals surface area contributed by atoms with Crippen LogP contribution < -0.4 is 5.32 Å². The van der Waals surface area contributed by atoms with E-state index in [-0.39, 0.29) is 18.2 Å². The smallest absolute Gasteiger partial charge is 0.124 e. The predicted octanol–water partition coefficient (Wildman–Crippen LogP) is 4.59. The number of halogens is 2. The molecule has 0 fully saturated rings. The van der Waals surface area contributed by atoms with Gasteiger partial charge in [-0.1, -0.05) is 29.8 Å². The number of aromatic nitrogens is 1. The summed E-state index contributed by atoms with van der Waals surface area (Å²) in [6.07, 6.45) is 1.51. The van der Waals surface area contributed by atoms with E-state index in [0.717, 1.165) is 5.56 Å². The zero-order valence-corrected chi connectivity index (χ0v) is 13.3. The first-order valence-electron chi connectivity index (χ1n) is 6.95.